The first-order valence-corrected chi connectivity index (χ1v) is 5.69. The fraction of sp³-hybridized carbons (Fsp3) is 0.250. The average molecular weight is 244 g/mol. The average Bonchev–Trinajstić information content (AvgIpc) is 2.67. The minimum absolute atomic E-state index is 0.224. The maximum atomic E-state index is 5.62. The van der Waals surface area contributed by atoms with E-state index in [0.717, 1.165) is 5.69 Å². The van der Waals surface area contributed by atoms with Gasteiger partial charge in [0.1, 0.15) is 0 Å². The lowest BCUT2D eigenvalue weighted by atomic mass is 10.0. The molecule has 2 rings (SSSR count). The molecule has 0 bridgehead atoms. The monoisotopic (exact) mass is 244 g/mol. The summed E-state index contributed by atoms with van der Waals surface area (Å²) in [6.45, 7) is 4.24. The number of hydrazone groups is 1. The first-order valence-electron chi connectivity index (χ1n) is 5.69. The van der Waals surface area contributed by atoms with E-state index in [0.29, 0.717) is 11.6 Å². The zero-order chi connectivity index (χ0) is 13.1. The van der Waals surface area contributed by atoms with Crippen molar-refractivity contribution in [3.63, 3.8) is 0 Å². The lowest BCUT2D eigenvalue weighted by Gasteiger charge is -2.11. The first-order chi connectivity index (χ1) is 8.59. The van der Waals surface area contributed by atoms with Gasteiger partial charge in [-0.25, -0.2) is 0 Å². The molecule has 1 aromatic rings. The topological polar surface area (TPSA) is 101 Å². The Hall–Kier alpha value is -2.37. The predicted molar refractivity (Wildman–Crippen MR) is 74.8 cm³/mol. The molecule has 1 aliphatic rings. The van der Waals surface area contributed by atoms with Crippen molar-refractivity contribution in [2.75, 3.05) is 5.43 Å². The maximum Gasteiger partial charge on any atom is 0.177 e. The van der Waals surface area contributed by atoms with E-state index in [2.05, 4.69) is 40.6 Å². The molecule has 0 unspecified atom stereocenters. The predicted octanol–water partition coefficient (Wildman–Crippen LogP) is 1.22. The van der Waals surface area contributed by atoms with Gasteiger partial charge in [0.05, 0.1) is 5.69 Å². The Morgan fingerprint density at radius 1 is 1.11 bits per heavy atom. The molecule has 1 aliphatic heterocycles. The Bertz CT molecular complexity index is 521. The molecule has 1 aromatic carbocycles. The zero-order valence-corrected chi connectivity index (χ0v) is 10.4. The second-order valence-electron chi connectivity index (χ2n) is 4.28. The summed E-state index contributed by atoms with van der Waals surface area (Å²) in [5.41, 5.74) is 16.7. The highest BCUT2D eigenvalue weighted by molar-refractivity contribution is 6.68. The molecule has 1 heterocycles. The number of para-hydroxylation sites is 1. The molecule has 5 N–H and O–H groups in total. The van der Waals surface area contributed by atoms with E-state index < -0.39 is 0 Å². The van der Waals surface area contributed by atoms with Gasteiger partial charge >= 0.3 is 0 Å². The van der Waals surface area contributed by atoms with Gasteiger partial charge in [0.2, 0.25) is 0 Å². The Morgan fingerprint density at radius 2 is 1.72 bits per heavy atom. The lowest BCUT2D eigenvalue weighted by Crippen LogP contribution is -2.32. The molecule has 6 nitrogen and oxygen atoms in total. The standard InChI is InChI=1S/C12H16N6/c1-7(2)8-5-3-4-6-9(8)15-16-10-11(13)17-18-12(10)14/h3-7,15H,1-2H3,(H4,13,14,16,17,18). The normalized spacial score (nSPS) is 14.5. The van der Waals surface area contributed by atoms with Crippen LogP contribution in [0.1, 0.15) is 25.3 Å². The molecule has 0 amide bonds. The molecular weight excluding hydrogens is 228 g/mol. The molecule has 94 valence electrons. The van der Waals surface area contributed by atoms with Crippen molar-refractivity contribution in [1.82, 2.24) is 0 Å². The van der Waals surface area contributed by atoms with Gasteiger partial charge in [-0.05, 0) is 17.5 Å². The van der Waals surface area contributed by atoms with Gasteiger partial charge in [-0.2, -0.15) is 5.10 Å². The van der Waals surface area contributed by atoms with Gasteiger partial charge in [0, 0.05) is 0 Å². The number of nitrogens with two attached hydrogens (primary N) is 2. The summed E-state index contributed by atoms with van der Waals surface area (Å²) < 4.78 is 0. The Labute approximate surface area is 105 Å². The van der Waals surface area contributed by atoms with Gasteiger partial charge in [-0.15, -0.1) is 10.2 Å². The van der Waals surface area contributed by atoms with Crippen molar-refractivity contribution in [3.8, 4) is 0 Å². The van der Waals surface area contributed by atoms with E-state index in [-0.39, 0.29) is 11.7 Å². The van der Waals surface area contributed by atoms with Crippen molar-refractivity contribution in [2.24, 2.45) is 26.8 Å². The van der Waals surface area contributed by atoms with Crippen LogP contribution in [0.3, 0.4) is 0 Å². The van der Waals surface area contributed by atoms with Gasteiger partial charge in [-0.3, -0.25) is 5.43 Å². The minimum atomic E-state index is 0.224. The summed E-state index contributed by atoms with van der Waals surface area (Å²) >= 11 is 0. The number of benzene rings is 1. The van der Waals surface area contributed by atoms with Crippen LogP contribution in [0.15, 0.2) is 39.6 Å². The molecule has 0 aromatic heterocycles. The Morgan fingerprint density at radius 3 is 2.33 bits per heavy atom. The number of hydrogen-bond donors (Lipinski definition) is 3. The quantitative estimate of drug-likeness (QED) is 0.697. The van der Waals surface area contributed by atoms with Crippen LogP contribution in [0.2, 0.25) is 0 Å². The number of nitrogens with zero attached hydrogens (tertiary/aromatic N) is 3. The van der Waals surface area contributed by atoms with Crippen molar-refractivity contribution < 1.29 is 0 Å². The summed E-state index contributed by atoms with van der Waals surface area (Å²) in [7, 11) is 0. The highest BCUT2D eigenvalue weighted by Gasteiger charge is 2.16. The summed E-state index contributed by atoms with van der Waals surface area (Å²) in [4.78, 5) is 0. The molecular formula is C12H16N6. The molecule has 0 saturated carbocycles. The minimum Gasteiger partial charge on any atom is -0.380 e. The van der Waals surface area contributed by atoms with E-state index in [9.17, 15) is 0 Å². The van der Waals surface area contributed by atoms with Gasteiger partial charge < -0.3 is 11.5 Å². The van der Waals surface area contributed by atoms with E-state index >= 15 is 0 Å². The first kappa shape index (κ1) is 12.1. The molecule has 18 heavy (non-hydrogen) atoms. The molecule has 6 heteroatoms. The maximum absolute atomic E-state index is 5.62. The lowest BCUT2D eigenvalue weighted by molar-refractivity contribution is 0.867. The van der Waals surface area contributed by atoms with Crippen LogP contribution in [0, 0.1) is 0 Å². The summed E-state index contributed by atoms with van der Waals surface area (Å²) in [6.07, 6.45) is 0. The molecule has 0 saturated heterocycles. The number of nitrogens with one attached hydrogen (secondary N) is 1. The van der Waals surface area contributed by atoms with Crippen molar-refractivity contribution in [3.05, 3.63) is 29.8 Å². The van der Waals surface area contributed by atoms with Gasteiger partial charge in [0.15, 0.2) is 17.4 Å². The SMILES string of the molecule is CC(C)c1ccccc1NN=C1C(N)=NN=C1N. The second-order valence-corrected chi connectivity index (χ2v) is 4.28. The summed E-state index contributed by atoms with van der Waals surface area (Å²) in [5, 5.41) is 11.5. The number of hydrogen-bond acceptors (Lipinski definition) is 6. The van der Waals surface area contributed by atoms with E-state index in [1.54, 1.807) is 0 Å². The van der Waals surface area contributed by atoms with E-state index in [1.807, 2.05) is 18.2 Å². The highest BCUT2D eigenvalue weighted by Crippen LogP contribution is 2.23. The smallest absolute Gasteiger partial charge is 0.177 e. The summed E-state index contributed by atoms with van der Waals surface area (Å²) in [5.74, 6) is 0.846. The van der Waals surface area contributed by atoms with Crippen LogP contribution in [-0.4, -0.2) is 17.4 Å². The Balaban J connectivity index is 2.23. The zero-order valence-electron chi connectivity index (χ0n) is 10.4. The molecule has 0 atom stereocenters. The fourth-order valence-corrected chi connectivity index (χ4v) is 1.67. The van der Waals surface area contributed by atoms with Crippen molar-refractivity contribution in [1.29, 1.82) is 0 Å². The van der Waals surface area contributed by atoms with Gasteiger partial charge in [-0.1, -0.05) is 32.0 Å². The third-order valence-corrected chi connectivity index (χ3v) is 2.62. The highest BCUT2D eigenvalue weighted by atomic mass is 15.4. The number of anilines is 1. The van der Waals surface area contributed by atoms with Crippen molar-refractivity contribution in [2.45, 2.75) is 19.8 Å². The largest absolute Gasteiger partial charge is 0.380 e. The molecule has 0 spiro atoms. The van der Waals surface area contributed by atoms with Crippen LogP contribution in [0.4, 0.5) is 5.69 Å². The van der Waals surface area contributed by atoms with E-state index in [1.165, 1.54) is 5.56 Å². The van der Waals surface area contributed by atoms with Crippen LogP contribution < -0.4 is 16.9 Å². The molecule has 0 radical (unpaired) electrons. The van der Waals surface area contributed by atoms with Crippen LogP contribution >= 0.6 is 0 Å². The van der Waals surface area contributed by atoms with Crippen LogP contribution in [0.25, 0.3) is 0 Å². The van der Waals surface area contributed by atoms with Gasteiger partial charge in [0.25, 0.3) is 0 Å². The van der Waals surface area contributed by atoms with Crippen molar-refractivity contribution >= 4 is 23.1 Å². The number of rotatable bonds is 3. The van der Waals surface area contributed by atoms with Crippen LogP contribution in [-0.2, 0) is 0 Å². The second kappa shape index (κ2) is 4.87. The van der Waals surface area contributed by atoms with E-state index in [4.69, 9.17) is 11.5 Å². The molecule has 0 fully saturated rings. The third kappa shape index (κ3) is 2.32. The number of amidine groups is 2. The summed E-state index contributed by atoms with van der Waals surface area (Å²) in [6, 6.07) is 7.94. The Kier molecular flexibility index (Phi) is 3.27. The fourth-order valence-electron chi connectivity index (χ4n) is 1.67. The third-order valence-electron chi connectivity index (χ3n) is 2.62. The van der Waals surface area contributed by atoms with Crippen LogP contribution in [0.5, 0.6) is 0 Å². The molecule has 0 aliphatic carbocycles.